The number of hydrogen-bond acceptors (Lipinski definition) is 2. The van der Waals surface area contributed by atoms with Gasteiger partial charge in [0.2, 0.25) is 0 Å². The largest absolute Gasteiger partial charge is 0.481 e. The maximum absolute atomic E-state index is 6.10. The van der Waals surface area contributed by atoms with E-state index in [1.165, 1.54) is 0 Å². The Hall–Kier alpha value is -2.00. The van der Waals surface area contributed by atoms with Gasteiger partial charge < -0.3 is 9.72 Å². The summed E-state index contributed by atoms with van der Waals surface area (Å²) in [6, 6.07) is 13.5. The summed E-state index contributed by atoms with van der Waals surface area (Å²) in [6.07, 6.45) is -0.193. The van der Waals surface area contributed by atoms with Crippen molar-refractivity contribution in [2.75, 3.05) is 0 Å². The molecule has 0 fully saturated rings. The zero-order valence-electron chi connectivity index (χ0n) is 11.4. The van der Waals surface area contributed by atoms with Crippen molar-refractivity contribution in [3.05, 3.63) is 58.9 Å². The molecule has 3 rings (SSSR count). The monoisotopic (exact) mass is 286 g/mol. The molecule has 0 saturated heterocycles. The molecular formula is C16H15ClN2O. The second-order valence-corrected chi connectivity index (χ2v) is 5.19. The van der Waals surface area contributed by atoms with E-state index in [0.29, 0.717) is 10.8 Å². The summed E-state index contributed by atoms with van der Waals surface area (Å²) >= 11 is 6.10. The summed E-state index contributed by atoms with van der Waals surface area (Å²) in [7, 11) is 0. The number of benzene rings is 2. The normalized spacial score (nSPS) is 12.6. The van der Waals surface area contributed by atoms with E-state index in [9.17, 15) is 0 Å². The number of H-pyrrole nitrogens is 1. The number of hydrogen-bond donors (Lipinski definition) is 1. The number of nitrogens with one attached hydrogen (secondary N) is 1. The Morgan fingerprint density at radius 2 is 1.95 bits per heavy atom. The van der Waals surface area contributed by atoms with Crippen LogP contribution in [0.15, 0.2) is 42.5 Å². The second kappa shape index (κ2) is 5.17. The van der Waals surface area contributed by atoms with E-state index in [2.05, 4.69) is 9.97 Å². The van der Waals surface area contributed by atoms with Gasteiger partial charge in [-0.05, 0) is 37.6 Å². The van der Waals surface area contributed by atoms with E-state index < -0.39 is 0 Å². The van der Waals surface area contributed by atoms with Crippen LogP contribution in [0.25, 0.3) is 11.0 Å². The number of nitrogens with zero attached hydrogens (tertiary/aromatic N) is 1. The SMILES string of the molecule is Cc1cccc2[nH]c(C(C)Oc3ccccc3Cl)nc12. The van der Waals surface area contributed by atoms with Crippen molar-refractivity contribution >= 4 is 22.6 Å². The molecule has 1 unspecified atom stereocenters. The zero-order valence-corrected chi connectivity index (χ0v) is 12.1. The van der Waals surface area contributed by atoms with E-state index in [1.807, 2.05) is 56.3 Å². The number of aromatic amines is 1. The molecule has 0 amide bonds. The number of aryl methyl sites for hydroxylation is 1. The standard InChI is InChI=1S/C16H15ClN2O/c1-10-6-5-8-13-15(10)19-16(18-13)11(2)20-14-9-4-3-7-12(14)17/h3-9,11H,1-2H3,(H,18,19). The number of aromatic nitrogens is 2. The molecule has 3 nitrogen and oxygen atoms in total. The minimum atomic E-state index is -0.193. The van der Waals surface area contributed by atoms with Crippen LogP contribution in [0.5, 0.6) is 5.75 Å². The lowest BCUT2D eigenvalue weighted by molar-refractivity contribution is 0.218. The van der Waals surface area contributed by atoms with Gasteiger partial charge in [0.1, 0.15) is 11.6 Å². The van der Waals surface area contributed by atoms with Crippen LogP contribution in [0.1, 0.15) is 24.4 Å². The molecule has 0 spiro atoms. The first kappa shape index (κ1) is 13.0. The fourth-order valence-electron chi connectivity index (χ4n) is 2.17. The predicted octanol–water partition coefficient (Wildman–Crippen LogP) is 4.66. The molecule has 1 N–H and O–H groups in total. The number of halogens is 1. The van der Waals surface area contributed by atoms with Crippen LogP contribution in [-0.2, 0) is 0 Å². The molecule has 0 aliphatic rings. The first-order valence-electron chi connectivity index (χ1n) is 6.51. The number of para-hydroxylation sites is 2. The third-order valence-electron chi connectivity index (χ3n) is 3.26. The summed E-state index contributed by atoms with van der Waals surface area (Å²) in [6.45, 7) is 4.00. The van der Waals surface area contributed by atoms with Gasteiger partial charge in [-0.2, -0.15) is 0 Å². The van der Waals surface area contributed by atoms with Gasteiger partial charge in [-0.3, -0.25) is 0 Å². The van der Waals surface area contributed by atoms with Crippen LogP contribution in [0.4, 0.5) is 0 Å². The Labute approximate surface area is 122 Å². The lowest BCUT2D eigenvalue weighted by atomic mass is 10.2. The molecule has 0 saturated carbocycles. The molecular weight excluding hydrogens is 272 g/mol. The summed E-state index contributed by atoms with van der Waals surface area (Å²) < 4.78 is 5.87. The minimum Gasteiger partial charge on any atom is -0.481 e. The van der Waals surface area contributed by atoms with Gasteiger partial charge in [0.05, 0.1) is 16.1 Å². The van der Waals surface area contributed by atoms with Gasteiger partial charge in [-0.25, -0.2) is 4.98 Å². The Bertz CT molecular complexity index is 751. The van der Waals surface area contributed by atoms with Gasteiger partial charge in [0, 0.05) is 0 Å². The number of imidazole rings is 1. The second-order valence-electron chi connectivity index (χ2n) is 4.78. The van der Waals surface area contributed by atoms with E-state index in [0.717, 1.165) is 22.4 Å². The predicted molar refractivity (Wildman–Crippen MR) is 81.3 cm³/mol. The van der Waals surface area contributed by atoms with Gasteiger partial charge >= 0.3 is 0 Å². The van der Waals surface area contributed by atoms with Crippen LogP contribution >= 0.6 is 11.6 Å². The first-order valence-corrected chi connectivity index (χ1v) is 6.89. The Kier molecular flexibility index (Phi) is 3.36. The lowest BCUT2D eigenvalue weighted by Gasteiger charge is -2.13. The average molecular weight is 287 g/mol. The molecule has 3 aromatic rings. The van der Waals surface area contributed by atoms with E-state index in [4.69, 9.17) is 16.3 Å². The van der Waals surface area contributed by atoms with Crippen molar-refractivity contribution in [3.8, 4) is 5.75 Å². The molecule has 1 aromatic heterocycles. The first-order chi connectivity index (χ1) is 9.65. The summed E-state index contributed by atoms with van der Waals surface area (Å²) in [5.74, 6) is 1.47. The Morgan fingerprint density at radius 3 is 2.70 bits per heavy atom. The summed E-state index contributed by atoms with van der Waals surface area (Å²) in [5, 5.41) is 0.603. The number of fused-ring (bicyclic) bond motifs is 1. The lowest BCUT2D eigenvalue weighted by Crippen LogP contribution is -2.05. The van der Waals surface area contributed by atoms with Crippen LogP contribution in [0, 0.1) is 6.92 Å². The summed E-state index contributed by atoms with van der Waals surface area (Å²) in [4.78, 5) is 7.91. The quantitative estimate of drug-likeness (QED) is 0.760. The smallest absolute Gasteiger partial charge is 0.153 e. The van der Waals surface area contributed by atoms with Crippen molar-refractivity contribution in [2.24, 2.45) is 0 Å². The molecule has 1 atom stereocenters. The van der Waals surface area contributed by atoms with E-state index in [1.54, 1.807) is 0 Å². The average Bonchev–Trinajstić information content (AvgIpc) is 2.87. The van der Waals surface area contributed by atoms with Gasteiger partial charge in [-0.15, -0.1) is 0 Å². The highest BCUT2D eigenvalue weighted by Crippen LogP contribution is 2.28. The molecule has 0 aliphatic carbocycles. The highest BCUT2D eigenvalue weighted by atomic mass is 35.5. The van der Waals surface area contributed by atoms with Gasteiger partial charge in [0.25, 0.3) is 0 Å². The maximum Gasteiger partial charge on any atom is 0.153 e. The van der Waals surface area contributed by atoms with Crippen molar-refractivity contribution < 1.29 is 4.74 Å². The molecule has 20 heavy (non-hydrogen) atoms. The molecule has 0 bridgehead atoms. The highest BCUT2D eigenvalue weighted by molar-refractivity contribution is 6.32. The van der Waals surface area contributed by atoms with E-state index in [-0.39, 0.29) is 6.10 Å². The molecule has 0 aliphatic heterocycles. The molecule has 0 radical (unpaired) electrons. The van der Waals surface area contributed by atoms with Crippen LogP contribution < -0.4 is 4.74 Å². The van der Waals surface area contributed by atoms with Gasteiger partial charge in [0.15, 0.2) is 6.10 Å². The van der Waals surface area contributed by atoms with Crippen molar-refractivity contribution in [2.45, 2.75) is 20.0 Å². The maximum atomic E-state index is 6.10. The third-order valence-corrected chi connectivity index (χ3v) is 3.57. The molecule has 2 aromatic carbocycles. The molecule has 102 valence electrons. The van der Waals surface area contributed by atoms with Crippen LogP contribution in [0.2, 0.25) is 5.02 Å². The van der Waals surface area contributed by atoms with E-state index >= 15 is 0 Å². The number of rotatable bonds is 3. The fourth-order valence-corrected chi connectivity index (χ4v) is 2.35. The molecule has 4 heteroatoms. The summed E-state index contributed by atoms with van der Waals surface area (Å²) in [5.41, 5.74) is 3.15. The van der Waals surface area contributed by atoms with Crippen molar-refractivity contribution in [1.82, 2.24) is 9.97 Å². The topological polar surface area (TPSA) is 37.9 Å². The third kappa shape index (κ3) is 2.37. The highest BCUT2D eigenvalue weighted by Gasteiger charge is 2.14. The minimum absolute atomic E-state index is 0.193. The fraction of sp³-hybridized carbons (Fsp3) is 0.188. The Balaban J connectivity index is 1.91. The zero-order chi connectivity index (χ0) is 14.1. The molecule has 1 heterocycles. The Morgan fingerprint density at radius 1 is 1.15 bits per heavy atom. The number of ether oxygens (including phenoxy) is 1. The van der Waals surface area contributed by atoms with Gasteiger partial charge in [-0.1, -0.05) is 35.9 Å². The van der Waals surface area contributed by atoms with Crippen molar-refractivity contribution in [1.29, 1.82) is 0 Å². The van der Waals surface area contributed by atoms with Crippen molar-refractivity contribution in [3.63, 3.8) is 0 Å². The van der Waals surface area contributed by atoms with Crippen LogP contribution in [0.3, 0.4) is 0 Å². The van der Waals surface area contributed by atoms with Crippen LogP contribution in [-0.4, -0.2) is 9.97 Å².